The van der Waals surface area contributed by atoms with Gasteiger partial charge in [0.1, 0.15) is 41.8 Å². The zero-order valence-electron chi connectivity index (χ0n) is 35.0. The summed E-state index contributed by atoms with van der Waals surface area (Å²) in [4.78, 5) is 62.1. The summed E-state index contributed by atoms with van der Waals surface area (Å²) in [5.41, 5.74) is -4.55. The maximum Gasteiger partial charge on any atom is 0.427 e. The number of fused-ring (bicyclic) bond motifs is 3. The van der Waals surface area contributed by atoms with Gasteiger partial charge in [-0.3, -0.25) is 19.1 Å². The molecule has 7 unspecified atom stereocenters. The Morgan fingerprint density at radius 1 is 1.05 bits per heavy atom. The van der Waals surface area contributed by atoms with Gasteiger partial charge in [-0.2, -0.15) is 13.2 Å². The number of halogens is 3. The van der Waals surface area contributed by atoms with Gasteiger partial charge >= 0.3 is 12.3 Å². The minimum atomic E-state index is -4.93. The van der Waals surface area contributed by atoms with E-state index < -0.39 is 86.4 Å². The Hall–Kier alpha value is -4.85. The van der Waals surface area contributed by atoms with Crippen LogP contribution >= 0.6 is 0 Å². The number of allylic oxidation sites excluding steroid dienone is 1. The highest BCUT2D eigenvalue weighted by Gasteiger charge is 2.62. The number of nitrogens with one attached hydrogen (secondary N) is 3. The van der Waals surface area contributed by atoms with Crippen molar-refractivity contribution in [3.63, 3.8) is 0 Å². The van der Waals surface area contributed by atoms with Gasteiger partial charge in [-0.05, 0) is 82.4 Å². The van der Waals surface area contributed by atoms with Crippen LogP contribution in [0.15, 0.2) is 36.5 Å². The van der Waals surface area contributed by atoms with Crippen molar-refractivity contribution in [3.05, 3.63) is 36.5 Å². The molecule has 0 spiro atoms. The SMILES string of the molecule is COCCOc1cnc(OC2CC3C(=O)NC4(C(=O)NS(=O)(=O)C5CC5)CC4C=CCCC(C)CC(C)C(NC(=O)OC(C)(C)C(F)(F)F)C(=O)N3C2)c2ccc(OC)cc12. The Labute approximate surface area is 352 Å². The Bertz CT molecular complexity index is 2130. The third-order valence-corrected chi connectivity index (χ3v) is 13.6. The van der Waals surface area contributed by atoms with Crippen LogP contribution in [0, 0.1) is 17.8 Å². The number of benzene rings is 1. The number of rotatable bonds is 12. The fraction of sp³-hybridized carbons (Fsp3) is 0.634. The molecule has 2 aliphatic carbocycles. The molecule has 20 heteroatoms. The summed E-state index contributed by atoms with van der Waals surface area (Å²) in [5, 5.41) is 5.54. The van der Waals surface area contributed by atoms with E-state index in [0.717, 1.165) is 0 Å². The van der Waals surface area contributed by atoms with Gasteiger partial charge in [0.25, 0.3) is 5.91 Å². The molecule has 2 aromatic rings. The van der Waals surface area contributed by atoms with Gasteiger partial charge in [0.15, 0.2) is 0 Å². The average molecular weight is 882 g/mol. The summed E-state index contributed by atoms with van der Waals surface area (Å²) in [6.07, 6.45) is -0.00142. The van der Waals surface area contributed by atoms with Gasteiger partial charge in [0.05, 0.1) is 31.7 Å². The van der Waals surface area contributed by atoms with E-state index >= 15 is 0 Å². The fourth-order valence-corrected chi connectivity index (χ4v) is 9.21. The van der Waals surface area contributed by atoms with Crippen molar-refractivity contribution >= 4 is 44.6 Å². The van der Waals surface area contributed by atoms with Crippen LogP contribution in [0.5, 0.6) is 17.4 Å². The molecular formula is C41H54F3N5O11S. The molecule has 7 atom stereocenters. The molecule has 4 amide bonds. The highest BCUT2D eigenvalue weighted by molar-refractivity contribution is 7.91. The van der Waals surface area contributed by atoms with E-state index in [1.54, 1.807) is 31.2 Å². The second kappa shape index (κ2) is 17.9. The maximum atomic E-state index is 14.8. The number of hydrogen-bond donors (Lipinski definition) is 3. The van der Waals surface area contributed by atoms with Crippen LogP contribution in [0.2, 0.25) is 0 Å². The van der Waals surface area contributed by atoms with E-state index in [2.05, 4.69) is 20.3 Å². The van der Waals surface area contributed by atoms with Crippen molar-refractivity contribution in [2.45, 2.75) is 113 Å². The Kier molecular flexibility index (Phi) is 13.4. The van der Waals surface area contributed by atoms with Gasteiger partial charge in [-0.15, -0.1) is 0 Å². The molecule has 3 N–H and O–H groups in total. The summed E-state index contributed by atoms with van der Waals surface area (Å²) in [7, 11) is -0.956. The third-order valence-electron chi connectivity index (χ3n) is 11.8. The molecule has 336 valence electrons. The Morgan fingerprint density at radius 3 is 2.46 bits per heavy atom. The first-order valence-electron chi connectivity index (χ1n) is 20.4. The number of carbonyl (C=O) groups excluding carboxylic acids is 4. The molecule has 6 rings (SSSR count). The van der Waals surface area contributed by atoms with Gasteiger partial charge < -0.3 is 39.2 Å². The summed E-state index contributed by atoms with van der Waals surface area (Å²) >= 11 is 0. The van der Waals surface area contributed by atoms with Crippen LogP contribution in [-0.2, 0) is 33.9 Å². The lowest BCUT2D eigenvalue weighted by atomic mass is 9.88. The van der Waals surface area contributed by atoms with Gasteiger partial charge in [0, 0.05) is 30.2 Å². The van der Waals surface area contributed by atoms with E-state index in [4.69, 9.17) is 23.7 Å². The number of nitrogens with zero attached hydrogens (tertiary/aromatic N) is 2. The predicted molar refractivity (Wildman–Crippen MR) is 214 cm³/mol. The predicted octanol–water partition coefficient (Wildman–Crippen LogP) is 4.55. The smallest absolute Gasteiger partial charge is 0.427 e. The molecule has 16 nitrogen and oxygen atoms in total. The topological polar surface area (TPSA) is 201 Å². The van der Waals surface area contributed by atoms with Crippen LogP contribution < -0.4 is 29.6 Å². The lowest BCUT2D eigenvalue weighted by Crippen LogP contribution is -2.59. The van der Waals surface area contributed by atoms with E-state index in [1.807, 2.05) is 13.0 Å². The number of sulfonamides is 1. The molecule has 0 radical (unpaired) electrons. The van der Waals surface area contributed by atoms with Crippen molar-refractivity contribution in [1.82, 2.24) is 25.2 Å². The van der Waals surface area contributed by atoms with Crippen LogP contribution in [0.1, 0.15) is 72.6 Å². The van der Waals surface area contributed by atoms with Crippen molar-refractivity contribution in [3.8, 4) is 17.4 Å². The first kappa shape index (κ1) is 45.7. The number of ether oxygens (including phenoxy) is 5. The van der Waals surface area contributed by atoms with E-state index in [-0.39, 0.29) is 37.8 Å². The minimum absolute atomic E-state index is 0.0508. The Balaban J connectivity index is 1.36. The van der Waals surface area contributed by atoms with Crippen molar-refractivity contribution in [2.24, 2.45) is 17.8 Å². The van der Waals surface area contributed by atoms with Crippen LogP contribution in [0.3, 0.4) is 0 Å². The maximum absolute atomic E-state index is 14.8. The number of amides is 4. The number of methoxy groups -OCH3 is 2. The molecule has 1 aromatic heterocycles. The number of pyridine rings is 1. The second-order valence-corrected chi connectivity index (χ2v) is 18.9. The fourth-order valence-electron chi connectivity index (χ4n) is 7.84. The summed E-state index contributed by atoms with van der Waals surface area (Å²) in [6, 6.07) is 2.32. The lowest BCUT2D eigenvalue weighted by Gasteiger charge is -2.34. The van der Waals surface area contributed by atoms with E-state index in [0.29, 0.717) is 74.8 Å². The number of hydrogen-bond acceptors (Lipinski definition) is 12. The quantitative estimate of drug-likeness (QED) is 0.199. The van der Waals surface area contributed by atoms with Crippen molar-refractivity contribution < 1.29 is 64.5 Å². The lowest BCUT2D eigenvalue weighted by molar-refractivity contribution is -0.244. The highest BCUT2D eigenvalue weighted by atomic mass is 32.2. The largest absolute Gasteiger partial charge is 0.497 e. The summed E-state index contributed by atoms with van der Waals surface area (Å²) in [6.45, 7) is 5.26. The first-order valence-corrected chi connectivity index (χ1v) is 21.9. The third kappa shape index (κ3) is 10.3. The van der Waals surface area contributed by atoms with Crippen molar-refractivity contribution in [2.75, 3.05) is 34.0 Å². The van der Waals surface area contributed by atoms with Gasteiger partial charge in [-0.1, -0.05) is 26.0 Å². The van der Waals surface area contributed by atoms with Gasteiger partial charge in [-0.25, -0.2) is 18.2 Å². The first-order chi connectivity index (χ1) is 28.7. The number of alkyl halides is 3. The molecule has 1 aromatic carbocycles. The number of alkyl carbamates (subject to hydrolysis) is 1. The highest BCUT2D eigenvalue weighted by Crippen LogP contribution is 2.46. The molecule has 61 heavy (non-hydrogen) atoms. The standard InChI is InChI=1S/C41H54F3N5O11S/c1-23-9-7-8-10-25-20-40(25,37(52)48-61(54,55)28-12-13-28)47-34(50)31-19-27(59-35-29-14-11-26(57-6)18-30(29)32(21-45-35)58-16-15-56-5)22-49(31)36(51)33(24(2)17-23)46-38(53)60-39(3,4)41(42,43)44/h8,10-11,14,18,21,23-25,27-28,31,33H,7,9,12-13,15-17,19-20,22H2,1-6H3,(H,46,53)(H,47,50)(H,48,52). The molecular weight excluding hydrogens is 828 g/mol. The van der Waals surface area contributed by atoms with Crippen molar-refractivity contribution in [1.29, 1.82) is 0 Å². The molecule has 3 heterocycles. The number of aromatic nitrogens is 1. The molecule has 0 bridgehead atoms. The minimum Gasteiger partial charge on any atom is -0.497 e. The van der Waals surface area contributed by atoms with Crippen LogP contribution in [0.4, 0.5) is 18.0 Å². The average Bonchev–Trinajstić information content (AvgIpc) is 4.12. The zero-order valence-corrected chi connectivity index (χ0v) is 35.8. The normalized spacial score (nSPS) is 27.5. The molecule has 3 fully saturated rings. The summed E-state index contributed by atoms with van der Waals surface area (Å²) in [5.74, 6) is -2.71. The van der Waals surface area contributed by atoms with E-state index in [9.17, 15) is 40.8 Å². The summed E-state index contributed by atoms with van der Waals surface area (Å²) < 4.78 is 97.0. The Morgan fingerprint density at radius 2 is 1.79 bits per heavy atom. The monoisotopic (exact) mass is 881 g/mol. The number of carbonyl (C=O) groups is 4. The molecule has 2 aliphatic heterocycles. The van der Waals surface area contributed by atoms with Crippen LogP contribution in [-0.4, -0.2) is 117 Å². The van der Waals surface area contributed by atoms with E-state index in [1.165, 1.54) is 25.3 Å². The molecule has 4 aliphatic rings. The molecule has 2 saturated carbocycles. The zero-order chi connectivity index (χ0) is 44.5. The molecule has 1 saturated heterocycles. The second-order valence-electron chi connectivity index (χ2n) is 17.0. The van der Waals surface area contributed by atoms with Gasteiger partial charge in [0.2, 0.25) is 33.3 Å². The van der Waals surface area contributed by atoms with Crippen LogP contribution in [0.25, 0.3) is 10.8 Å².